The highest BCUT2D eigenvalue weighted by molar-refractivity contribution is 9.10. The van der Waals surface area contributed by atoms with Crippen molar-refractivity contribution >= 4 is 27.1 Å². The van der Waals surface area contributed by atoms with Crippen LogP contribution >= 0.6 is 15.9 Å². The maximum atomic E-state index is 11.2. The van der Waals surface area contributed by atoms with E-state index in [1.165, 1.54) is 0 Å². The lowest BCUT2D eigenvalue weighted by Gasteiger charge is -2.06. The third-order valence-electron chi connectivity index (χ3n) is 1.34. The molecule has 1 nitrogen and oxygen atoms in total. The first kappa shape index (κ1) is 9.10. The van der Waals surface area contributed by atoms with Gasteiger partial charge in [0, 0.05) is 4.47 Å². The first-order valence-corrected chi connectivity index (χ1v) is 5.49. The summed E-state index contributed by atoms with van der Waals surface area (Å²) in [5.74, 6) is 0.682. The lowest BCUT2D eigenvalue weighted by molar-refractivity contribution is 0.596. The van der Waals surface area contributed by atoms with Gasteiger partial charge in [-0.15, -0.1) is 0 Å². The molecule has 1 atom stereocenters. The van der Waals surface area contributed by atoms with Crippen molar-refractivity contribution in [3.8, 4) is 0 Å². The van der Waals surface area contributed by atoms with Gasteiger partial charge in [0.1, 0.15) is 5.75 Å². The standard InChI is InChI=1S/C8H9BrOS/c1-2-11(10)8-5-3-7(9)4-6-8/h3-6H,2H2,1H3. The third-order valence-corrected chi connectivity index (χ3v) is 3.19. The third kappa shape index (κ3) is 2.51. The van der Waals surface area contributed by atoms with Crippen LogP contribution < -0.4 is 0 Å². The molecule has 1 rings (SSSR count). The summed E-state index contributed by atoms with van der Waals surface area (Å²) in [6.45, 7) is 1.91. The molecule has 0 saturated carbocycles. The molecule has 0 spiro atoms. The molecule has 1 aromatic carbocycles. The van der Waals surface area contributed by atoms with Crippen LogP contribution in [0.3, 0.4) is 0 Å². The molecule has 0 aliphatic heterocycles. The van der Waals surface area contributed by atoms with Crippen molar-refractivity contribution in [3.05, 3.63) is 28.7 Å². The topological polar surface area (TPSA) is 23.1 Å². The van der Waals surface area contributed by atoms with Gasteiger partial charge in [-0.25, -0.2) is 0 Å². The number of hydrogen-bond donors (Lipinski definition) is 0. The van der Waals surface area contributed by atoms with Crippen LogP contribution in [-0.4, -0.2) is 10.3 Å². The average Bonchev–Trinajstić information content (AvgIpc) is 2.05. The van der Waals surface area contributed by atoms with Crippen molar-refractivity contribution in [2.24, 2.45) is 0 Å². The summed E-state index contributed by atoms with van der Waals surface area (Å²) in [6, 6.07) is 7.57. The first-order chi connectivity index (χ1) is 5.24. The Morgan fingerprint density at radius 2 is 1.91 bits per heavy atom. The van der Waals surface area contributed by atoms with Crippen molar-refractivity contribution in [3.63, 3.8) is 0 Å². The number of hydrogen-bond acceptors (Lipinski definition) is 1. The molecule has 0 bridgehead atoms. The zero-order valence-electron chi connectivity index (χ0n) is 6.21. The lowest BCUT2D eigenvalue weighted by atomic mass is 10.4. The molecule has 0 fully saturated rings. The van der Waals surface area contributed by atoms with Crippen LogP contribution in [-0.2, 0) is 11.2 Å². The van der Waals surface area contributed by atoms with E-state index in [0.717, 1.165) is 9.37 Å². The fourth-order valence-electron chi connectivity index (χ4n) is 0.753. The van der Waals surface area contributed by atoms with Crippen LogP contribution in [0.1, 0.15) is 6.92 Å². The fraction of sp³-hybridized carbons (Fsp3) is 0.250. The molecule has 0 amide bonds. The highest BCUT2D eigenvalue weighted by Crippen LogP contribution is 2.15. The summed E-state index contributed by atoms with van der Waals surface area (Å²) in [4.78, 5) is 0.899. The molecule has 1 aromatic rings. The van der Waals surface area contributed by atoms with Crippen molar-refractivity contribution in [1.82, 2.24) is 0 Å². The van der Waals surface area contributed by atoms with Crippen LogP contribution in [0.15, 0.2) is 33.6 Å². The Hall–Kier alpha value is 0.01000. The molecule has 3 heteroatoms. The van der Waals surface area contributed by atoms with Crippen molar-refractivity contribution in [1.29, 1.82) is 0 Å². The Kier molecular flexibility index (Phi) is 3.43. The van der Waals surface area contributed by atoms with E-state index in [-0.39, 0.29) is 0 Å². The summed E-state index contributed by atoms with van der Waals surface area (Å²) in [6.07, 6.45) is 0. The van der Waals surface area contributed by atoms with E-state index >= 15 is 0 Å². The molecule has 0 aliphatic carbocycles. The molecule has 0 radical (unpaired) electrons. The SMILES string of the molecule is CC[S+]([O-])c1ccc(Br)cc1. The molecular weight excluding hydrogens is 224 g/mol. The minimum atomic E-state index is -0.819. The van der Waals surface area contributed by atoms with Crippen LogP contribution in [0.2, 0.25) is 0 Å². The summed E-state index contributed by atoms with van der Waals surface area (Å²) in [5.41, 5.74) is 0. The molecular formula is C8H9BrOS. The van der Waals surface area contributed by atoms with Crippen molar-refractivity contribution < 1.29 is 4.55 Å². The Bertz CT molecular complexity index is 222. The normalized spacial score (nSPS) is 13.0. The van der Waals surface area contributed by atoms with Gasteiger partial charge in [0.15, 0.2) is 4.90 Å². The number of rotatable bonds is 2. The van der Waals surface area contributed by atoms with Gasteiger partial charge in [-0.05, 0) is 42.4 Å². The van der Waals surface area contributed by atoms with E-state index in [2.05, 4.69) is 15.9 Å². The van der Waals surface area contributed by atoms with E-state index in [9.17, 15) is 4.55 Å². The number of benzene rings is 1. The van der Waals surface area contributed by atoms with E-state index < -0.39 is 11.2 Å². The van der Waals surface area contributed by atoms with Gasteiger partial charge in [0.05, 0.1) is 0 Å². The van der Waals surface area contributed by atoms with Crippen LogP contribution in [0.5, 0.6) is 0 Å². The van der Waals surface area contributed by atoms with Gasteiger partial charge in [-0.3, -0.25) is 0 Å². The predicted molar refractivity (Wildman–Crippen MR) is 51.1 cm³/mol. The smallest absolute Gasteiger partial charge is 0.152 e. The van der Waals surface area contributed by atoms with Crippen LogP contribution in [0.25, 0.3) is 0 Å². The largest absolute Gasteiger partial charge is 0.611 e. The van der Waals surface area contributed by atoms with E-state index in [0.29, 0.717) is 5.75 Å². The Balaban J connectivity index is 2.81. The summed E-state index contributed by atoms with van der Waals surface area (Å²) in [5, 5.41) is 0. The molecule has 0 N–H and O–H groups in total. The fourth-order valence-corrected chi connectivity index (χ4v) is 1.79. The summed E-state index contributed by atoms with van der Waals surface area (Å²) < 4.78 is 12.2. The Morgan fingerprint density at radius 3 is 2.36 bits per heavy atom. The molecule has 1 unspecified atom stereocenters. The van der Waals surface area contributed by atoms with Crippen molar-refractivity contribution in [2.75, 3.05) is 5.75 Å². The van der Waals surface area contributed by atoms with Crippen LogP contribution in [0.4, 0.5) is 0 Å². The highest BCUT2D eigenvalue weighted by Gasteiger charge is 2.05. The molecule has 0 aromatic heterocycles. The van der Waals surface area contributed by atoms with Gasteiger partial charge in [0.2, 0.25) is 0 Å². The monoisotopic (exact) mass is 232 g/mol. The maximum Gasteiger partial charge on any atom is 0.152 e. The molecule has 0 aliphatic rings. The first-order valence-electron chi connectivity index (χ1n) is 3.38. The Morgan fingerprint density at radius 1 is 1.36 bits per heavy atom. The van der Waals surface area contributed by atoms with Gasteiger partial charge in [-0.2, -0.15) is 0 Å². The Labute approximate surface area is 78.1 Å². The van der Waals surface area contributed by atoms with Gasteiger partial charge < -0.3 is 4.55 Å². The van der Waals surface area contributed by atoms with Gasteiger partial charge in [0.25, 0.3) is 0 Å². The highest BCUT2D eigenvalue weighted by atomic mass is 79.9. The second kappa shape index (κ2) is 4.14. The zero-order valence-corrected chi connectivity index (χ0v) is 8.61. The average molecular weight is 233 g/mol. The zero-order chi connectivity index (χ0) is 8.27. The predicted octanol–water partition coefficient (Wildman–Crippen LogP) is 2.58. The van der Waals surface area contributed by atoms with E-state index in [1.54, 1.807) is 0 Å². The minimum Gasteiger partial charge on any atom is -0.611 e. The maximum absolute atomic E-state index is 11.2. The second-order valence-electron chi connectivity index (χ2n) is 2.09. The van der Waals surface area contributed by atoms with Gasteiger partial charge >= 0.3 is 0 Å². The molecule has 60 valence electrons. The molecule has 11 heavy (non-hydrogen) atoms. The molecule has 0 heterocycles. The van der Waals surface area contributed by atoms with Crippen molar-refractivity contribution in [2.45, 2.75) is 11.8 Å². The summed E-state index contributed by atoms with van der Waals surface area (Å²) >= 11 is 2.50. The van der Waals surface area contributed by atoms with Gasteiger partial charge in [-0.1, -0.05) is 15.9 Å². The minimum absolute atomic E-state index is 0.682. The second-order valence-corrected chi connectivity index (χ2v) is 4.74. The van der Waals surface area contributed by atoms with E-state index in [1.807, 2.05) is 31.2 Å². The lowest BCUT2D eigenvalue weighted by Crippen LogP contribution is -2.02. The van der Waals surface area contributed by atoms with E-state index in [4.69, 9.17) is 0 Å². The summed E-state index contributed by atoms with van der Waals surface area (Å²) in [7, 11) is 0. The molecule has 0 saturated heterocycles. The van der Waals surface area contributed by atoms with Crippen LogP contribution in [0, 0.1) is 0 Å². The quantitative estimate of drug-likeness (QED) is 0.720. The number of halogens is 1.